The molecule has 3 rings (SSSR count). The summed E-state index contributed by atoms with van der Waals surface area (Å²) in [5, 5.41) is 11.1. The van der Waals surface area contributed by atoms with Gasteiger partial charge in [0, 0.05) is 12.5 Å². The van der Waals surface area contributed by atoms with Crippen LogP contribution in [0.2, 0.25) is 0 Å². The van der Waals surface area contributed by atoms with Crippen LogP contribution in [0.3, 0.4) is 0 Å². The predicted octanol–water partition coefficient (Wildman–Crippen LogP) is 2.38. The minimum atomic E-state index is 0.290. The van der Waals surface area contributed by atoms with E-state index < -0.39 is 0 Å². The zero-order chi connectivity index (χ0) is 13.1. The number of rotatable bonds is 5. The van der Waals surface area contributed by atoms with Crippen LogP contribution in [0.15, 0.2) is 35.3 Å². The van der Waals surface area contributed by atoms with E-state index in [9.17, 15) is 0 Å². The molecule has 19 heavy (non-hydrogen) atoms. The number of aryl methyl sites for hydroxylation is 1. The molecule has 6 nitrogen and oxygen atoms in total. The summed E-state index contributed by atoms with van der Waals surface area (Å²) >= 11 is 0. The number of H-pyrrole nitrogens is 1. The molecule has 0 saturated heterocycles. The van der Waals surface area contributed by atoms with E-state index in [0.29, 0.717) is 0 Å². The van der Waals surface area contributed by atoms with Crippen LogP contribution in [0.4, 0.5) is 5.82 Å². The maximum Gasteiger partial charge on any atom is 0.160 e. The first-order valence-corrected chi connectivity index (χ1v) is 6.26. The lowest BCUT2D eigenvalue weighted by atomic mass is 10.1. The van der Waals surface area contributed by atoms with Gasteiger partial charge in [-0.3, -0.25) is 5.10 Å². The molecule has 3 heterocycles. The number of nitrogens with one attached hydrogen (secondary N) is 2. The number of fused-ring (bicyclic) bond motifs is 1. The molecule has 98 valence electrons. The van der Waals surface area contributed by atoms with Gasteiger partial charge in [-0.25, -0.2) is 9.97 Å². The van der Waals surface area contributed by atoms with E-state index in [1.54, 1.807) is 12.5 Å². The smallest absolute Gasteiger partial charge is 0.160 e. The Bertz CT molecular complexity index is 646. The van der Waals surface area contributed by atoms with E-state index in [0.717, 1.165) is 35.5 Å². The minimum absolute atomic E-state index is 0.290. The lowest BCUT2D eigenvalue weighted by molar-refractivity contribution is 0.495. The average Bonchev–Trinajstić information content (AvgIpc) is 3.08. The molecule has 3 aromatic heterocycles. The first-order chi connectivity index (χ1) is 9.33. The van der Waals surface area contributed by atoms with E-state index >= 15 is 0 Å². The van der Waals surface area contributed by atoms with Crippen LogP contribution >= 0.6 is 0 Å². The Labute approximate surface area is 110 Å². The molecular formula is C13H15N5O. The van der Waals surface area contributed by atoms with Gasteiger partial charge in [0.05, 0.1) is 17.8 Å². The molecular weight excluding hydrogens is 242 g/mol. The highest BCUT2D eigenvalue weighted by Gasteiger charge is 2.09. The Morgan fingerprint density at radius 2 is 2.37 bits per heavy atom. The van der Waals surface area contributed by atoms with Crippen molar-refractivity contribution in [2.75, 3.05) is 5.32 Å². The number of aromatic nitrogens is 4. The van der Waals surface area contributed by atoms with Crippen molar-refractivity contribution in [2.24, 2.45) is 0 Å². The lowest BCUT2D eigenvalue weighted by Crippen LogP contribution is -2.17. The number of furan rings is 1. The Balaban J connectivity index is 1.65. The molecule has 2 N–H and O–H groups in total. The number of anilines is 1. The van der Waals surface area contributed by atoms with Crippen molar-refractivity contribution in [3.05, 3.63) is 36.7 Å². The molecule has 0 aromatic carbocycles. The Morgan fingerprint density at radius 3 is 3.21 bits per heavy atom. The van der Waals surface area contributed by atoms with Crippen LogP contribution in [0.25, 0.3) is 11.0 Å². The van der Waals surface area contributed by atoms with Crippen LogP contribution in [-0.2, 0) is 6.42 Å². The van der Waals surface area contributed by atoms with Crippen LogP contribution in [0, 0.1) is 0 Å². The predicted molar refractivity (Wildman–Crippen MR) is 71.8 cm³/mol. The second-order valence-corrected chi connectivity index (χ2v) is 4.52. The van der Waals surface area contributed by atoms with Crippen LogP contribution < -0.4 is 5.32 Å². The molecule has 0 unspecified atom stereocenters. The lowest BCUT2D eigenvalue weighted by Gasteiger charge is -2.13. The fourth-order valence-corrected chi connectivity index (χ4v) is 2.00. The SMILES string of the molecule is C[C@@H](CCc1ccco1)Nc1ncnc2[nH]ncc12. The third kappa shape index (κ3) is 2.57. The van der Waals surface area contributed by atoms with E-state index in [1.807, 2.05) is 12.1 Å². The quantitative estimate of drug-likeness (QED) is 0.733. The Hall–Kier alpha value is -2.37. The van der Waals surface area contributed by atoms with Crippen molar-refractivity contribution in [2.45, 2.75) is 25.8 Å². The summed E-state index contributed by atoms with van der Waals surface area (Å²) in [6, 6.07) is 4.19. The average molecular weight is 257 g/mol. The van der Waals surface area contributed by atoms with Crippen molar-refractivity contribution in [1.29, 1.82) is 0 Å². The van der Waals surface area contributed by atoms with Gasteiger partial charge in [-0.05, 0) is 25.5 Å². The highest BCUT2D eigenvalue weighted by Crippen LogP contribution is 2.18. The molecule has 0 fully saturated rings. The number of nitrogens with zero attached hydrogens (tertiary/aromatic N) is 3. The van der Waals surface area contributed by atoms with Gasteiger partial charge < -0.3 is 9.73 Å². The highest BCUT2D eigenvalue weighted by atomic mass is 16.3. The summed E-state index contributed by atoms with van der Waals surface area (Å²) in [6.07, 6.45) is 6.84. The van der Waals surface area contributed by atoms with Crippen molar-refractivity contribution >= 4 is 16.9 Å². The molecule has 0 saturated carbocycles. The zero-order valence-electron chi connectivity index (χ0n) is 10.6. The maximum atomic E-state index is 5.32. The van der Waals surface area contributed by atoms with Gasteiger partial charge in [0.25, 0.3) is 0 Å². The van der Waals surface area contributed by atoms with Gasteiger partial charge in [0.2, 0.25) is 0 Å². The Morgan fingerprint density at radius 1 is 1.42 bits per heavy atom. The highest BCUT2D eigenvalue weighted by molar-refractivity contribution is 5.85. The molecule has 0 aliphatic heterocycles. The monoisotopic (exact) mass is 257 g/mol. The third-order valence-electron chi connectivity index (χ3n) is 3.03. The van der Waals surface area contributed by atoms with Gasteiger partial charge in [-0.1, -0.05) is 0 Å². The first kappa shape index (κ1) is 11.7. The molecule has 0 bridgehead atoms. The first-order valence-electron chi connectivity index (χ1n) is 6.26. The fraction of sp³-hybridized carbons (Fsp3) is 0.308. The number of hydrogen-bond donors (Lipinski definition) is 2. The molecule has 0 radical (unpaired) electrons. The minimum Gasteiger partial charge on any atom is -0.469 e. The van der Waals surface area contributed by atoms with E-state index in [4.69, 9.17) is 4.42 Å². The van der Waals surface area contributed by atoms with Crippen molar-refractivity contribution in [3.8, 4) is 0 Å². The molecule has 0 spiro atoms. The van der Waals surface area contributed by atoms with Crippen molar-refractivity contribution in [1.82, 2.24) is 20.2 Å². The van der Waals surface area contributed by atoms with Gasteiger partial charge in [0.1, 0.15) is 17.9 Å². The summed E-state index contributed by atoms with van der Waals surface area (Å²) in [5.41, 5.74) is 0.746. The molecule has 3 aromatic rings. The van der Waals surface area contributed by atoms with Gasteiger partial charge in [-0.2, -0.15) is 5.10 Å². The third-order valence-corrected chi connectivity index (χ3v) is 3.03. The fourth-order valence-electron chi connectivity index (χ4n) is 2.00. The largest absolute Gasteiger partial charge is 0.469 e. The summed E-state index contributed by atoms with van der Waals surface area (Å²) in [7, 11) is 0. The van der Waals surface area contributed by atoms with Gasteiger partial charge >= 0.3 is 0 Å². The molecule has 0 aliphatic carbocycles. The van der Waals surface area contributed by atoms with Crippen LogP contribution in [-0.4, -0.2) is 26.2 Å². The zero-order valence-corrected chi connectivity index (χ0v) is 10.6. The molecule has 0 aliphatic rings. The molecule has 6 heteroatoms. The van der Waals surface area contributed by atoms with Gasteiger partial charge in [-0.15, -0.1) is 0 Å². The normalized spacial score (nSPS) is 12.7. The molecule has 1 atom stereocenters. The molecule has 0 amide bonds. The summed E-state index contributed by atoms with van der Waals surface area (Å²) in [4.78, 5) is 8.37. The second-order valence-electron chi connectivity index (χ2n) is 4.52. The summed E-state index contributed by atoms with van der Waals surface area (Å²) in [6.45, 7) is 2.12. The van der Waals surface area contributed by atoms with Gasteiger partial charge in [0.15, 0.2) is 5.65 Å². The number of hydrogen-bond acceptors (Lipinski definition) is 5. The topological polar surface area (TPSA) is 79.6 Å². The Kier molecular flexibility index (Phi) is 3.14. The second kappa shape index (κ2) is 5.09. The summed E-state index contributed by atoms with van der Waals surface area (Å²) in [5.74, 6) is 1.82. The van der Waals surface area contributed by atoms with Crippen LogP contribution in [0.1, 0.15) is 19.1 Å². The van der Waals surface area contributed by atoms with E-state index in [-0.39, 0.29) is 6.04 Å². The number of aromatic amines is 1. The van der Waals surface area contributed by atoms with Crippen molar-refractivity contribution in [3.63, 3.8) is 0 Å². The van der Waals surface area contributed by atoms with E-state index in [2.05, 4.69) is 32.4 Å². The van der Waals surface area contributed by atoms with Crippen molar-refractivity contribution < 1.29 is 4.42 Å². The van der Waals surface area contributed by atoms with Crippen LogP contribution in [0.5, 0.6) is 0 Å². The standard InChI is InChI=1S/C13H15N5O/c1-9(4-5-10-3-2-6-19-10)17-12-11-7-16-18-13(11)15-8-14-12/h2-3,6-9H,4-5H2,1H3,(H2,14,15,16,17,18)/t9-/m0/s1. The summed E-state index contributed by atoms with van der Waals surface area (Å²) < 4.78 is 5.32. The maximum absolute atomic E-state index is 5.32. The van der Waals surface area contributed by atoms with E-state index in [1.165, 1.54) is 6.33 Å².